The highest BCUT2D eigenvalue weighted by Crippen LogP contribution is 2.31. The fraction of sp³-hybridized carbons (Fsp3) is 0.118. The number of aromatic nitrogens is 2. The van der Waals surface area contributed by atoms with E-state index in [4.69, 9.17) is 4.52 Å². The van der Waals surface area contributed by atoms with Crippen molar-refractivity contribution in [3.8, 4) is 11.5 Å². The second-order valence-corrected chi connectivity index (χ2v) is 5.11. The van der Waals surface area contributed by atoms with Gasteiger partial charge in [0, 0.05) is 5.56 Å². The Bertz CT molecular complexity index is 876. The second kappa shape index (κ2) is 6.76. The Morgan fingerprint density at radius 2 is 1.72 bits per heavy atom. The van der Waals surface area contributed by atoms with Gasteiger partial charge in [-0.25, -0.2) is 0 Å². The molecule has 3 aromatic rings. The summed E-state index contributed by atoms with van der Waals surface area (Å²) in [5, 5.41) is 6.07. The maximum atomic E-state index is 12.9. The third-order valence-corrected chi connectivity index (χ3v) is 3.37. The molecular weight excluding hydrogens is 335 g/mol. The van der Waals surface area contributed by atoms with Gasteiger partial charge in [-0.15, -0.1) is 0 Å². The van der Waals surface area contributed by atoms with E-state index in [2.05, 4.69) is 15.5 Å². The highest BCUT2D eigenvalue weighted by Gasteiger charge is 2.34. The summed E-state index contributed by atoms with van der Waals surface area (Å²) < 4.78 is 43.9. The normalized spacial score (nSPS) is 11.3. The predicted molar refractivity (Wildman–Crippen MR) is 82.3 cm³/mol. The van der Waals surface area contributed by atoms with E-state index in [0.29, 0.717) is 5.56 Å². The molecule has 0 spiro atoms. The predicted octanol–water partition coefficient (Wildman–Crippen LogP) is 3.69. The van der Waals surface area contributed by atoms with Crippen molar-refractivity contribution in [3.63, 3.8) is 0 Å². The topological polar surface area (TPSA) is 68.0 Å². The van der Waals surface area contributed by atoms with E-state index in [9.17, 15) is 18.0 Å². The average molecular weight is 347 g/mol. The van der Waals surface area contributed by atoms with Crippen LogP contribution in [0.15, 0.2) is 59.1 Å². The number of amides is 1. The highest BCUT2D eigenvalue weighted by molar-refractivity contribution is 5.95. The number of carbonyl (C=O) groups is 1. The minimum absolute atomic E-state index is 0.151. The van der Waals surface area contributed by atoms with Crippen molar-refractivity contribution in [3.05, 3.63) is 71.5 Å². The lowest BCUT2D eigenvalue weighted by atomic mass is 10.1. The molecule has 3 rings (SSSR count). The molecule has 1 aromatic heterocycles. The van der Waals surface area contributed by atoms with Crippen LogP contribution in [0, 0.1) is 0 Å². The molecule has 0 unspecified atom stereocenters. The van der Waals surface area contributed by atoms with Crippen molar-refractivity contribution in [2.24, 2.45) is 0 Å². The molecule has 0 radical (unpaired) electrons. The molecule has 0 aliphatic heterocycles. The molecule has 0 fully saturated rings. The lowest BCUT2D eigenvalue weighted by molar-refractivity contribution is -0.137. The Kier molecular flexibility index (Phi) is 4.51. The molecule has 25 heavy (non-hydrogen) atoms. The molecule has 0 saturated carbocycles. The van der Waals surface area contributed by atoms with E-state index in [0.717, 1.165) is 12.1 Å². The van der Waals surface area contributed by atoms with Crippen LogP contribution in [-0.2, 0) is 12.7 Å². The summed E-state index contributed by atoms with van der Waals surface area (Å²) in [4.78, 5) is 16.2. The summed E-state index contributed by atoms with van der Waals surface area (Å²) in [6, 6.07) is 13.5. The molecule has 8 heteroatoms. The second-order valence-electron chi connectivity index (χ2n) is 5.11. The molecule has 128 valence electrons. The number of nitrogens with one attached hydrogen (secondary N) is 1. The van der Waals surface area contributed by atoms with Crippen LogP contribution in [0.4, 0.5) is 13.2 Å². The fourth-order valence-corrected chi connectivity index (χ4v) is 2.21. The summed E-state index contributed by atoms with van der Waals surface area (Å²) >= 11 is 0. The van der Waals surface area contributed by atoms with Crippen molar-refractivity contribution in [1.29, 1.82) is 0 Å². The zero-order valence-corrected chi connectivity index (χ0v) is 12.7. The zero-order valence-electron chi connectivity index (χ0n) is 12.7. The van der Waals surface area contributed by atoms with Crippen molar-refractivity contribution in [2.75, 3.05) is 0 Å². The third-order valence-electron chi connectivity index (χ3n) is 3.37. The molecule has 0 aliphatic rings. The summed E-state index contributed by atoms with van der Waals surface area (Å²) in [6.45, 7) is -0.151. The van der Waals surface area contributed by atoms with E-state index >= 15 is 0 Å². The van der Waals surface area contributed by atoms with Gasteiger partial charge in [0.05, 0.1) is 17.7 Å². The first-order chi connectivity index (χ1) is 11.9. The van der Waals surface area contributed by atoms with E-state index in [1.165, 1.54) is 12.1 Å². The van der Waals surface area contributed by atoms with Gasteiger partial charge < -0.3 is 9.84 Å². The van der Waals surface area contributed by atoms with Gasteiger partial charge in [-0.2, -0.15) is 18.2 Å². The maximum Gasteiger partial charge on any atom is 0.417 e. The van der Waals surface area contributed by atoms with Crippen LogP contribution in [0.2, 0.25) is 0 Å². The van der Waals surface area contributed by atoms with Crippen molar-refractivity contribution in [1.82, 2.24) is 15.5 Å². The molecule has 0 bridgehead atoms. The summed E-state index contributed by atoms with van der Waals surface area (Å²) in [6.07, 6.45) is -4.61. The first-order valence-electron chi connectivity index (χ1n) is 7.27. The Balaban J connectivity index is 1.71. The number of carbonyl (C=O) groups excluding carboxylic acids is 1. The molecule has 0 atom stereocenters. The van der Waals surface area contributed by atoms with Gasteiger partial charge in [0.15, 0.2) is 5.82 Å². The first kappa shape index (κ1) is 16.7. The highest BCUT2D eigenvalue weighted by atomic mass is 19.4. The minimum atomic E-state index is -4.61. The summed E-state index contributed by atoms with van der Waals surface area (Å²) in [5.74, 6) is -0.434. The van der Waals surface area contributed by atoms with Crippen LogP contribution >= 0.6 is 0 Å². The quantitative estimate of drug-likeness (QED) is 0.782. The van der Waals surface area contributed by atoms with Crippen LogP contribution < -0.4 is 5.32 Å². The lowest BCUT2D eigenvalue weighted by Gasteiger charge is -2.11. The number of halogens is 3. The summed E-state index contributed by atoms with van der Waals surface area (Å²) in [7, 11) is 0. The first-order valence-corrected chi connectivity index (χ1v) is 7.27. The van der Waals surface area contributed by atoms with E-state index in [1.807, 2.05) is 6.07 Å². The number of alkyl halides is 3. The molecule has 2 aromatic carbocycles. The van der Waals surface area contributed by atoms with Crippen LogP contribution in [-0.4, -0.2) is 16.0 Å². The molecular formula is C17H12F3N3O2. The van der Waals surface area contributed by atoms with Crippen molar-refractivity contribution >= 4 is 5.91 Å². The Morgan fingerprint density at radius 1 is 1.04 bits per heavy atom. The Labute approximate surface area is 140 Å². The smallest absolute Gasteiger partial charge is 0.345 e. The number of nitrogens with zero attached hydrogens (tertiary/aromatic N) is 2. The van der Waals surface area contributed by atoms with Gasteiger partial charge >= 0.3 is 6.18 Å². The molecule has 0 aliphatic carbocycles. The van der Waals surface area contributed by atoms with E-state index < -0.39 is 23.2 Å². The largest absolute Gasteiger partial charge is 0.417 e. The Morgan fingerprint density at radius 3 is 2.44 bits per heavy atom. The third kappa shape index (κ3) is 3.85. The van der Waals surface area contributed by atoms with Crippen LogP contribution in [0.3, 0.4) is 0 Å². The Hall–Kier alpha value is -3.16. The van der Waals surface area contributed by atoms with Crippen LogP contribution in [0.25, 0.3) is 11.5 Å². The minimum Gasteiger partial charge on any atom is -0.345 e. The van der Waals surface area contributed by atoms with Gasteiger partial charge in [-0.3, -0.25) is 4.79 Å². The zero-order chi connectivity index (χ0) is 17.9. The van der Waals surface area contributed by atoms with Gasteiger partial charge in [0.2, 0.25) is 0 Å². The lowest BCUT2D eigenvalue weighted by Crippen LogP contribution is -2.26. The van der Waals surface area contributed by atoms with Crippen LogP contribution in [0.5, 0.6) is 0 Å². The number of hydrogen-bond donors (Lipinski definition) is 1. The molecule has 1 amide bonds. The average Bonchev–Trinajstić information content (AvgIpc) is 3.09. The van der Waals surface area contributed by atoms with E-state index in [1.54, 1.807) is 24.3 Å². The molecule has 0 saturated heterocycles. The molecule has 1 heterocycles. The summed E-state index contributed by atoms with van der Waals surface area (Å²) in [5.41, 5.74) is -0.748. The van der Waals surface area contributed by atoms with E-state index in [-0.39, 0.29) is 18.3 Å². The SMILES string of the molecule is O=C(NCc1noc(-c2ccccc2)n1)c1ccccc1C(F)(F)F. The van der Waals surface area contributed by atoms with Crippen molar-refractivity contribution in [2.45, 2.75) is 12.7 Å². The maximum absolute atomic E-state index is 12.9. The van der Waals surface area contributed by atoms with Crippen LogP contribution in [0.1, 0.15) is 21.7 Å². The van der Waals surface area contributed by atoms with Gasteiger partial charge in [0.1, 0.15) is 0 Å². The van der Waals surface area contributed by atoms with Gasteiger partial charge in [-0.1, -0.05) is 35.5 Å². The van der Waals surface area contributed by atoms with Gasteiger partial charge in [0.25, 0.3) is 11.8 Å². The monoisotopic (exact) mass is 347 g/mol. The number of benzene rings is 2. The fourth-order valence-electron chi connectivity index (χ4n) is 2.21. The van der Waals surface area contributed by atoms with Gasteiger partial charge in [-0.05, 0) is 24.3 Å². The number of rotatable bonds is 4. The number of hydrogen-bond acceptors (Lipinski definition) is 4. The standard InChI is InChI=1S/C17H12F3N3O2/c18-17(19,20)13-9-5-4-8-12(13)15(24)21-10-14-22-16(25-23-14)11-6-2-1-3-7-11/h1-9H,10H2,(H,21,24). The van der Waals surface area contributed by atoms with Crippen molar-refractivity contribution < 1.29 is 22.5 Å². The molecule has 1 N–H and O–H groups in total. The molecule has 5 nitrogen and oxygen atoms in total.